The lowest BCUT2D eigenvalue weighted by molar-refractivity contribution is 0.581. The van der Waals surface area contributed by atoms with Crippen LogP contribution in [0.15, 0.2) is 23.1 Å². The molecule has 0 saturated carbocycles. The van der Waals surface area contributed by atoms with Gasteiger partial charge in [-0.3, -0.25) is 0 Å². The SMILES string of the molecule is CC(Br)CNS(=O)(=O)c1cc(Cl)cc(Cl)c1. The van der Waals surface area contributed by atoms with Crippen molar-refractivity contribution >= 4 is 49.2 Å². The van der Waals surface area contributed by atoms with Crippen LogP contribution in [0.25, 0.3) is 0 Å². The lowest BCUT2D eigenvalue weighted by Crippen LogP contribution is -2.28. The molecule has 3 nitrogen and oxygen atoms in total. The van der Waals surface area contributed by atoms with Crippen molar-refractivity contribution in [1.29, 1.82) is 0 Å². The first-order valence-electron chi connectivity index (χ1n) is 4.41. The number of alkyl halides is 1. The molecule has 90 valence electrons. The summed E-state index contributed by atoms with van der Waals surface area (Å²) in [4.78, 5) is 0.120. The summed E-state index contributed by atoms with van der Waals surface area (Å²) in [6, 6.07) is 4.19. The van der Waals surface area contributed by atoms with Gasteiger partial charge in [0.15, 0.2) is 0 Å². The Morgan fingerprint density at radius 3 is 2.25 bits per heavy atom. The molecule has 1 aromatic carbocycles. The minimum atomic E-state index is -3.55. The van der Waals surface area contributed by atoms with Crippen LogP contribution in [0.5, 0.6) is 0 Å². The Balaban J connectivity index is 2.98. The van der Waals surface area contributed by atoms with Crippen molar-refractivity contribution in [1.82, 2.24) is 4.72 Å². The molecule has 0 spiro atoms. The molecule has 0 fully saturated rings. The Morgan fingerprint density at radius 2 is 1.81 bits per heavy atom. The molecule has 0 aliphatic heterocycles. The van der Waals surface area contributed by atoms with E-state index in [1.807, 2.05) is 6.92 Å². The zero-order valence-corrected chi connectivity index (χ0v) is 12.3. The van der Waals surface area contributed by atoms with Crippen molar-refractivity contribution in [2.75, 3.05) is 6.54 Å². The number of sulfonamides is 1. The summed E-state index contributed by atoms with van der Waals surface area (Å²) in [7, 11) is -3.55. The van der Waals surface area contributed by atoms with Crippen LogP contribution < -0.4 is 4.72 Å². The first-order valence-corrected chi connectivity index (χ1v) is 7.56. The predicted molar refractivity (Wildman–Crippen MR) is 70.0 cm³/mol. The fourth-order valence-corrected chi connectivity index (χ4v) is 3.22. The number of halogens is 3. The van der Waals surface area contributed by atoms with E-state index in [2.05, 4.69) is 20.7 Å². The first-order chi connectivity index (χ1) is 7.31. The Bertz CT molecular complexity index is 456. The van der Waals surface area contributed by atoms with E-state index in [0.29, 0.717) is 16.6 Å². The summed E-state index contributed by atoms with van der Waals surface area (Å²) in [5.41, 5.74) is 0. The van der Waals surface area contributed by atoms with Crippen LogP contribution in [0.4, 0.5) is 0 Å². The van der Waals surface area contributed by atoms with Crippen molar-refractivity contribution in [2.45, 2.75) is 16.6 Å². The van der Waals surface area contributed by atoms with Gasteiger partial charge >= 0.3 is 0 Å². The van der Waals surface area contributed by atoms with E-state index in [0.717, 1.165) is 0 Å². The van der Waals surface area contributed by atoms with E-state index < -0.39 is 10.0 Å². The summed E-state index contributed by atoms with van der Waals surface area (Å²) >= 11 is 14.7. The Labute approximate surface area is 113 Å². The summed E-state index contributed by atoms with van der Waals surface area (Å²) in [5.74, 6) is 0. The van der Waals surface area contributed by atoms with E-state index >= 15 is 0 Å². The van der Waals surface area contributed by atoms with Crippen molar-refractivity contribution in [3.05, 3.63) is 28.2 Å². The molecule has 0 aromatic heterocycles. The van der Waals surface area contributed by atoms with E-state index in [9.17, 15) is 8.42 Å². The van der Waals surface area contributed by atoms with Gasteiger partial charge in [0.1, 0.15) is 0 Å². The molecule has 1 unspecified atom stereocenters. The van der Waals surface area contributed by atoms with Crippen LogP contribution >= 0.6 is 39.1 Å². The van der Waals surface area contributed by atoms with Gasteiger partial charge < -0.3 is 0 Å². The van der Waals surface area contributed by atoms with E-state index in [4.69, 9.17) is 23.2 Å². The van der Waals surface area contributed by atoms with Gasteiger partial charge in [0.25, 0.3) is 0 Å². The molecular weight excluding hydrogens is 337 g/mol. The Morgan fingerprint density at radius 1 is 1.31 bits per heavy atom. The fourth-order valence-electron chi connectivity index (χ4n) is 0.992. The molecule has 0 bridgehead atoms. The maximum Gasteiger partial charge on any atom is 0.240 e. The second-order valence-electron chi connectivity index (χ2n) is 3.24. The summed E-state index contributed by atoms with van der Waals surface area (Å²) in [6.45, 7) is 2.14. The third-order valence-electron chi connectivity index (χ3n) is 1.70. The maximum absolute atomic E-state index is 11.8. The highest BCUT2D eigenvalue weighted by Gasteiger charge is 2.15. The highest BCUT2D eigenvalue weighted by molar-refractivity contribution is 9.09. The standard InChI is InChI=1S/C9H10BrCl2NO2S/c1-6(10)5-13-16(14,15)9-3-7(11)2-8(12)4-9/h2-4,6,13H,5H2,1H3. The molecule has 1 aromatic rings. The molecule has 16 heavy (non-hydrogen) atoms. The summed E-state index contributed by atoms with van der Waals surface area (Å²) in [5, 5.41) is 0.583. The van der Waals surface area contributed by atoms with Gasteiger partial charge in [-0.15, -0.1) is 0 Å². The van der Waals surface area contributed by atoms with Crippen LogP contribution in [-0.2, 0) is 10.0 Å². The highest BCUT2D eigenvalue weighted by Crippen LogP contribution is 2.22. The van der Waals surface area contributed by atoms with Crippen molar-refractivity contribution in [3.8, 4) is 0 Å². The molecule has 0 radical (unpaired) electrons. The zero-order chi connectivity index (χ0) is 12.3. The monoisotopic (exact) mass is 345 g/mol. The molecule has 1 atom stereocenters. The number of hydrogen-bond donors (Lipinski definition) is 1. The highest BCUT2D eigenvalue weighted by atomic mass is 79.9. The van der Waals surface area contributed by atoms with Crippen molar-refractivity contribution in [3.63, 3.8) is 0 Å². The largest absolute Gasteiger partial charge is 0.240 e. The topological polar surface area (TPSA) is 46.2 Å². The third-order valence-corrected chi connectivity index (χ3v) is 3.86. The zero-order valence-electron chi connectivity index (χ0n) is 8.38. The van der Waals surface area contributed by atoms with Gasteiger partial charge in [-0.1, -0.05) is 46.1 Å². The van der Waals surface area contributed by atoms with Gasteiger partial charge in [-0.25, -0.2) is 13.1 Å². The first kappa shape index (κ1) is 14.3. The quantitative estimate of drug-likeness (QED) is 0.851. The molecule has 0 aliphatic carbocycles. The lowest BCUT2D eigenvalue weighted by atomic mass is 10.4. The second kappa shape index (κ2) is 5.69. The van der Waals surface area contributed by atoms with Crippen molar-refractivity contribution < 1.29 is 8.42 Å². The summed E-state index contributed by atoms with van der Waals surface area (Å²) < 4.78 is 26.0. The van der Waals surface area contributed by atoms with E-state index in [-0.39, 0.29) is 9.72 Å². The Hall–Kier alpha value is 0.190. The smallest absolute Gasteiger partial charge is 0.210 e. The molecule has 7 heteroatoms. The third kappa shape index (κ3) is 4.22. The lowest BCUT2D eigenvalue weighted by Gasteiger charge is -2.08. The number of rotatable bonds is 4. The van der Waals surface area contributed by atoms with Gasteiger partial charge in [0.2, 0.25) is 10.0 Å². The normalized spacial score (nSPS) is 13.8. The minimum absolute atomic E-state index is 0.0527. The average molecular weight is 347 g/mol. The average Bonchev–Trinajstić information content (AvgIpc) is 2.13. The molecule has 1 N–H and O–H groups in total. The molecule has 0 saturated heterocycles. The van der Waals surface area contributed by atoms with Gasteiger partial charge in [0, 0.05) is 21.4 Å². The van der Waals surface area contributed by atoms with Crippen LogP contribution in [0.3, 0.4) is 0 Å². The maximum atomic E-state index is 11.8. The van der Waals surface area contributed by atoms with Crippen LogP contribution in [0.1, 0.15) is 6.92 Å². The van der Waals surface area contributed by atoms with Gasteiger partial charge in [-0.2, -0.15) is 0 Å². The predicted octanol–water partition coefficient (Wildman–Crippen LogP) is 3.06. The minimum Gasteiger partial charge on any atom is -0.210 e. The molecular formula is C9H10BrCl2NO2S. The van der Waals surface area contributed by atoms with Gasteiger partial charge in [0.05, 0.1) is 4.90 Å². The second-order valence-corrected chi connectivity index (χ2v) is 7.44. The molecule has 0 aliphatic rings. The van der Waals surface area contributed by atoms with Crippen LogP contribution in [-0.4, -0.2) is 19.8 Å². The van der Waals surface area contributed by atoms with Gasteiger partial charge in [-0.05, 0) is 18.2 Å². The molecule has 0 heterocycles. The Kier molecular flexibility index (Phi) is 5.07. The number of hydrogen-bond acceptors (Lipinski definition) is 2. The van der Waals surface area contributed by atoms with E-state index in [1.165, 1.54) is 18.2 Å². The van der Waals surface area contributed by atoms with Crippen molar-refractivity contribution in [2.24, 2.45) is 0 Å². The molecule has 0 amide bonds. The number of nitrogens with one attached hydrogen (secondary N) is 1. The van der Waals surface area contributed by atoms with Crippen LogP contribution in [0.2, 0.25) is 10.0 Å². The molecule has 1 rings (SSSR count). The summed E-state index contributed by atoms with van der Waals surface area (Å²) in [6.07, 6.45) is 0. The van der Waals surface area contributed by atoms with E-state index in [1.54, 1.807) is 0 Å². The van der Waals surface area contributed by atoms with Crippen LogP contribution in [0, 0.1) is 0 Å². The number of benzene rings is 1. The fraction of sp³-hybridized carbons (Fsp3) is 0.333.